The van der Waals surface area contributed by atoms with Crippen LogP contribution < -0.4 is 5.73 Å². The summed E-state index contributed by atoms with van der Waals surface area (Å²) in [6.07, 6.45) is 2.22. The van der Waals surface area contributed by atoms with Crippen molar-refractivity contribution in [3.8, 4) is 0 Å². The molecule has 2 heterocycles. The number of tetrazole rings is 1. The van der Waals surface area contributed by atoms with Gasteiger partial charge in [0.2, 0.25) is 5.91 Å². The van der Waals surface area contributed by atoms with E-state index in [9.17, 15) is 9.18 Å². The Morgan fingerprint density at radius 1 is 1.40 bits per heavy atom. The fourth-order valence-corrected chi connectivity index (χ4v) is 3.07. The van der Waals surface area contributed by atoms with Crippen LogP contribution in [-0.4, -0.2) is 50.1 Å². The predicted octanol–water partition coefficient (Wildman–Crippen LogP) is 1.28. The lowest BCUT2D eigenvalue weighted by Gasteiger charge is -2.33. The van der Waals surface area contributed by atoms with Gasteiger partial charge in [-0.25, -0.2) is 9.07 Å². The number of rotatable bonds is 4. The average Bonchev–Trinajstić information content (AvgIpc) is 2.99. The Bertz CT molecular complexity index is 707. The lowest BCUT2D eigenvalue weighted by molar-refractivity contribution is -0.136. The van der Waals surface area contributed by atoms with Gasteiger partial charge >= 0.3 is 0 Å². The maximum absolute atomic E-state index is 13.1. The summed E-state index contributed by atoms with van der Waals surface area (Å²) in [4.78, 5) is 14.8. The summed E-state index contributed by atoms with van der Waals surface area (Å²) < 4.78 is 14.7. The smallest absolute Gasteiger partial charge is 0.247 e. The summed E-state index contributed by atoms with van der Waals surface area (Å²) in [7, 11) is 0. The van der Waals surface area contributed by atoms with E-state index in [0.717, 1.165) is 18.4 Å². The van der Waals surface area contributed by atoms with Crippen molar-refractivity contribution in [1.82, 2.24) is 25.1 Å². The molecule has 2 unspecified atom stereocenters. The van der Waals surface area contributed by atoms with Crippen LogP contribution >= 0.6 is 12.4 Å². The van der Waals surface area contributed by atoms with Crippen molar-refractivity contribution in [3.63, 3.8) is 0 Å². The number of hydrogen-bond acceptors (Lipinski definition) is 5. The topological polar surface area (TPSA) is 89.9 Å². The number of halogens is 2. The Morgan fingerprint density at radius 2 is 2.12 bits per heavy atom. The van der Waals surface area contributed by atoms with Crippen LogP contribution in [0.2, 0.25) is 0 Å². The molecule has 1 aliphatic rings. The van der Waals surface area contributed by atoms with Crippen LogP contribution in [0.1, 0.15) is 30.3 Å². The molecule has 0 radical (unpaired) electrons. The second-order valence-corrected chi connectivity index (χ2v) is 6.20. The van der Waals surface area contributed by atoms with Gasteiger partial charge in [0.1, 0.15) is 17.7 Å². The minimum Gasteiger partial charge on any atom is -0.339 e. The molecular weight excluding hydrogens is 347 g/mol. The van der Waals surface area contributed by atoms with Gasteiger partial charge < -0.3 is 10.6 Å². The number of aryl methyl sites for hydroxylation is 1. The van der Waals surface area contributed by atoms with Gasteiger partial charge in [0, 0.05) is 25.6 Å². The molecule has 0 aliphatic carbocycles. The maximum atomic E-state index is 13.1. The van der Waals surface area contributed by atoms with Crippen LogP contribution in [0.5, 0.6) is 0 Å². The summed E-state index contributed by atoms with van der Waals surface area (Å²) in [5.41, 5.74) is 6.85. The van der Waals surface area contributed by atoms with Crippen molar-refractivity contribution in [2.24, 2.45) is 5.73 Å². The Hall–Kier alpha value is -2.06. The van der Waals surface area contributed by atoms with Gasteiger partial charge in [-0.2, -0.15) is 0 Å². The lowest BCUT2D eigenvalue weighted by atomic mass is 10.0. The molecule has 7 nitrogen and oxygen atoms in total. The van der Waals surface area contributed by atoms with E-state index >= 15 is 0 Å². The first-order valence-electron chi connectivity index (χ1n) is 8.08. The number of piperidine rings is 1. The first kappa shape index (κ1) is 19.3. The number of hydrogen-bond donors (Lipinski definition) is 1. The molecule has 3 rings (SSSR count). The molecule has 1 aromatic heterocycles. The zero-order valence-corrected chi connectivity index (χ0v) is 14.8. The molecule has 2 N–H and O–H groups in total. The van der Waals surface area contributed by atoms with Crippen LogP contribution in [0.4, 0.5) is 4.39 Å². The summed E-state index contributed by atoms with van der Waals surface area (Å²) >= 11 is 0. The van der Waals surface area contributed by atoms with Crippen LogP contribution in [0.25, 0.3) is 0 Å². The molecule has 2 atom stereocenters. The molecule has 1 fully saturated rings. The normalized spacial score (nSPS) is 18.5. The number of benzene rings is 1. The number of nitrogens with two attached hydrogens (primary N) is 1. The van der Waals surface area contributed by atoms with Gasteiger partial charge in [-0.1, -0.05) is 12.1 Å². The Balaban J connectivity index is 0.00000225. The summed E-state index contributed by atoms with van der Waals surface area (Å²) in [5, 5.41) is 11.5. The predicted molar refractivity (Wildman–Crippen MR) is 92.7 cm³/mol. The third-order valence-electron chi connectivity index (χ3n) is 4.35. The van der Waals surface area contributed by atoms with Crippen LogP contribution in [0.15, 0.2) is 24.3 Å². The number of carbonyl (C=O) groups excluding carboxylic acids is 1. The van der Waals surface area contributed by atoms with Gasteiger partial charge in [-0.05, 0) is 47.9 Å². The summed E-state index contributed by atoms with van der Waals surface area (Å²) in [5.74, 6) is 0.212. The molecule has 9 heteroatoms. The standard InChI is InChI=1S/C16H21FN6O.ClH/c1-11-19-20-21-23(11)15(9-12-4-6-13(17)7-5-12)16(24)22-8-2-3-14(18)10-22;/h4-7,14-15H,2-3,8-10,18H2,1H3;1H. The number of aromatic nitrogens is 4. The second-order valence-electron chi connectivity index (χ2n) is 6.20. The third-order valence-corrected chi connectivity index (χ3v) is 4.35. The molecule has 0 bridgehead atoms. The van der Waals surface area contributed by atoms with Gasteiger partial charge in [0.25, 0.3) is 0 Å². The van der Waals surface area contributed by atoms with Crippen molar-refractivity contribution >= 4 is 18.3 Å². The average molecular weight is 369 g/mol. The molecule has 136 valence electrons. The van der Waals surface area contributed by atoms with Crippen molar-refractivity contribution in [1.29, 1.82) is 0 Å². The zero-order chi connectivity index (χ0) is 17.1. The van der Waals surface area contributed by atoms with E-state index in [1.807, 2.05) is 0 Å². The molecular formula is C16H22ClFN6O. The molecule has 0 spiro atoms. The fraction of sp³-hybridized carbons (Fsp3) is 0.500. The van der Waals surface area contributed by atoms with Crippen molar-refractivity contribution in [2.75, 3.05) is 13.1 Å². The highest BCUT2D eigenvalue weighted by Crippen LogP contribution is 2.20. The molecule has 1 amide bonds. The first-order chi connectivity index (χ1) is 11.5. The highest BCUT2D eigenvalue weighted by molar-refractivity contribution is 5.85. The molecule has 2 aromatic rings. The number of likely N-dealkylation sites (tertiary alicyclic amines) is 1. The molecule has 1 aliphatic heterocycles. The Labute approximate surface area is 151 Å². The highest BCUT2D eigenvalue weighted by Gasteiger charge is 2.31. The number of nitrogens with zero attached hydrogens (tertiary/aromatic N) is 5. The lowest BCUT2D eigenvalue weighted by Crippen LogP contribution is -2.48. The zero-order valence-electron chi connectivity index (χ0n) is 14.0. The number of carbonyl (C=O) groups is 1. The van der Waals surface area contributed by atoms with E-state index in [0.29, 0.717) is 25.3 Å². The summed E-state index contributed by atoms with van der Waals surface area (Å²) in [6.45, 7) is 2.99. The molecule has 1 aromatic carbocycles. The van der Waals surface area contributed by atoms with Crippen LogP contribution in [-0.2, 0) is 11.2 Å². The van der Waals surface area contributed by atoms with Gasteiger partial charge in [-0.15, -0.1) is 17.5 Å². The SMILES string of the molecule is Cc1nnnn1C(Cc1ccc(F)cc1)C(=O)N1CCCC(N)C1.Cl. The molecule has 1 saturated heterocycles. The minimum absolute atomic E-state index is 0. The van der Waals surface area contributed by atoms with E-state index < -0.39 is 6.04 Å². The van der Waals surface area contributed by atoms with Crippen LogP contribution in [0.3, 0.4) is 0 Å². The van der Waals surface area contributed by atoms with E-state index in [1.165, 1.54) is 16.8 Å². The van der Waals surface area contributed by atoms with Gasteiger partial charge in [0.05, 0.1) is 0 Å². The van der Waals surface area contributed by atoms with E-state index in [1.54, 1.807) is 24.0 Å². The minimum atomic E-state index is -0.559. The maximum Gasteiger partial charge on any atom is 0.247 e. The van der Waals surface area contributed by atoms with Crippen molar-refractivity contribution in [3.05, 3.63) is 41.5 Å². The van der Waals surface area contributed by atoms with Crippen molar-refractivity contribution < 1.29 is 9.18 Å². The van der Waals surface area contributed by atoms with Gasteiger partial charge in [-0.3, -0.25) is 4.79 Å². The first-order valence-corrected chi connectivity index (χ1v) is 8.08. The van der Waals surface area contributed by atoms with Crippen molar-refractivity contribution in [2.45, 2.75) is 38.3 Å². The third kappa shape index (κ3) is 4.52. The monoisotopic (exact) mass is 368 g/mol. The van der Waals surface area contributed by atoms with E-state index in [4.69, 9.17) is 5.73 Å². The highest BCUT2D eigenvalue weighted by atomic mass is 35.5. The quantitative estimate of drug-likeness (QED) is 0.877. The van der Waals surface area contributed by atoms with Gasteiger partial charge in [0.15, 0.2) is 0 Å². The molecule has 25 heavy (non-hydrogen) atoms. The van der Waals surface area contributed by atoms with Crippen LogP contribution in [0, 0.1) is 12.7 Å². The second kappa shape index (κ2) is 8.35. The van der Waals surface area contributed by atoms with E-state index in [-0.39, 0.29) is 30.2 Å². The number of amides is 1. The Kier molecular flexibility index (Phi) is 6.44. The largest absolute Gasteiger partial charge is 0.339 e. The fourth-order valence-electron chi connectivity index (χ4n) is 3.07. The summed E-state index contributed by atoms with van der Waals surface area (Å²) in [6, 6.07) is 5.58. The van der Waals surface area contributed by atoms with E-state index in [2.05, 4.69) is 15.5 Å². The molecule has 0 saturated carbocycles. The Morgan fingerprint density at radius 3 is 2.72 bits per heavy atom.